The highest BCUT2D eigenvalue weighted by molar-refractivity contribution is 14.2. The minimum absolute atomic E-state index is 0.110. The Hall–Kier alpha value is 0.285. The molecule has 1 atom stereocenters. The Kier molecular flexibility index (Phi) is 15.4. The van der Waals surface area contributed by atoms with Crippen LogP contribution in [0.2, 0.25) is 0 Å². The van der Waals surface area contributed by atoms with Gasteiger partial charge in [0.2, 0.25) is 0 Å². The first-order valence-electron chi connectivity index (χ1n) is 13.9. The van der Waals surface area contributed by atoms with Gasteiger partial charge in [0.1, 0.15) is 0 Å². The molecule has 0 aliphatic heterocycles. The standard InChI is InChI=1S/C30H56N2.BH4IN2P/c1-26(2,3)23-18-24(29(8,9)21-27(4,5)14-12-16-31)20-25(19-23)30(10,11)22-28(6,7)15-13-17-32;2-5(4)1-3/h18-20H,12-17,21-22,31-32H2,1-11H3;3-4H2. The highest BCUT2D eigenvalue weighted by Crippen LogP contribution is 2.44. The smallest absolute Gasteiger partial charge is 0.269 e. The third-order valence-corrected chi connectivity index (χ3v) is 8.71. The largest absolute Gasteiger partial charge is 0.368 e. The molecule has 0 aliphatic rings. The van der Waals surface area contributed by atoms with Gasteiger partial charge >= 0.3 is 0 Å². The van der Waals surface area contributed by atoms with Gasteiger partial charge in [0, 0.05) is 0 Å². The fraction of sp³-hybridized carbons (Fsp3) is 0.800. The van der Waals surface area contributed by atoms with Gasteiger partial charge in [0.15, 0.2) is 0 Å². The van der Waals surface area contributed by atoms with Gasteiger partial charge < -0.3 is 22.6 Å². The monoisotopic (exact) mass is 645 g/mol. The number of hydrogen-bond donors (Lipinski definition) is 4. The van der Waals surface area contributed by atoms with E-state index in [1.807, 2.05) is 0 Å². The molecule has 0 saturated heterocycles. The van der Waals surface area contributed by atoms with Crippen molar-refractivity contribution in [2.75, 3.05) is 13.1 Å². The molecule has 0 fully saturated rings. The van der Waals surface area contributed by atoms with Crippen molar-refractivity contribution >= 4 is 34.8 Å². The SMILES string of the molecule is CC(C)(CCCN)CC(C)(C)c1cc(C(C)(C)C)cc(C(C)(C)CC(C)(C)CCCN)c1.N[B]P(N)I. The molecule has 8 N–H and O–H groups in total. The molecule has 0 bridgehead atoms. The van der Waals surface area contributed by atoms with E-state index in [-0.39, 0.29) is 27.1 Å². The summed E-state index contributed by atoms with van der Waals surface area (Å²) in [7, 11) is 1.50. The Bertz CT molecular complexity index is 749. The van der Waals surface area contributed by atoms with Gasteiger partial charge in [-0.3, -0.25) is 0 Å². The molecule has 0 aliphatic carbocycles. The Morgan fingerprint density at radius 3 is 1.22 bits per heavy atom. The third-order valence-electron chi connectivity index (χ3n) is 7.46. The van der Waals surface area contributed by atoms with Crippen LogP contribution < -0.4 is 22.6 Å². The molecule has 1 aromatic rings. The second-order valence-corrected chi connectivity index (χ2v) is 19.1. The molecule has 1 unspecified atom stereocenters. The van der Waals surface area contributed by atoms with Crippen molar-refractivity contribution in [3.8, 4) is 0 Å². The lowest BCUT2D eigenvalue weighted by molar-refractivity contribution is 0.231. The summed E-state index contributed by atoms with van der Waals surface area (Å²) in [6, 6.07) is 7.49. The van der Waals surface area contributed by atoms with Gasteiger partial charge in [-0.15, -0.1) is 0 Å². The van der Waals surface area contributed by atoms with Crippen molar-refractivity contribution in [2.24, 2.45) is 33.4 Å². The van der Waals surface area contributed by atoms with Crippen LogP contribution in [0, 0.1) is 10.8 Å². The first-order valence-corrected chi connectivity index (χ1v) is 18.2. The molecule has 4 nitrogen and oxygen atoms in total. The highest BCUT2D eigenvalue weighted by atomic mass is 127. The lowest BCUT2D eigenvalue weighted by Crippen LogP contribution is -2.31. The molecule has 1 radical (unpaired) electrons. The first-order chi connectivity index (χ1) is 16.6. The number of benzene rings is 1. The fourth-order valence-electron chi connectivity index (χ4n) is 5.78. The van der Waals surface area contributed by atoms with Crippen LogP contribution in [0.15, 0.2) is 18.2 Å². The summed E-state index contributed by atoms with van der Waals surface area (Å²) in [5.41, 5.74) is 26.6. The molecule has 0 saturated carbocycles. The molecule has 7 heteroatoms. The number of rotatable bonds is 13. The minimum Gasteiger partial charge on any atom is -0.368 e. The summed E-state index contributed by atoms with van der Waals surface area (Å²) in [6.45, 7) is 27.9. The van der Waals surface area contributed by atoms with E-state index in [4.69, 9.17) is 22.6 Å². The van der Waals surface area contributed by atoms with Gasteiger partial charge in [0.25, 0.3) is 7.13 Å². The lowest BCUT2D eigenvalue weighted by Gasteiger charge is -2.39. The van der Waals surface area contributed by atoms with Gasteiger partial charge in [-0.05, 0) is 123 Å². The number of nitrogens with two attached hydrogens (primary N) is 4. The second-order valence-electron chi connectivity index (χ2n) is 14.8. The second kappa shape index (κ2) is 15.3. The van der Waals surface area contributed by atoms with E-state index in [0.29, 0.717) is 0 Å². The van der Waals surface area contributed by atoms with Crippen molar-refractivity contribution in [2.45, 2.75) is 131 Å². The van der Waals surface area contributed by atoms with E-state index < -0.39 is 5.59 Å². The van der Waals surface area contributed by atoms with Crippen LogP contribution in [-0.2, 0) is 16.2 Å². The third kappa shape index (κ3) is 14.5. The summed E-state index contributed by atoms with van der Waals surface area (Å²) in [5, 5.41) is 0. The summed E-state index contributed by atoms with van der Waals surface area (Å²) < 4.78 is 0. The van der Waals surface area contributed by atoms with Crippen LogP contribution in [0.3, 0.4) is 0 Å². The van der Waals surface area contributed by atoms with E-state index in [9.17, 15) is 0 Å². The summed E-state index contributed by atoms with van der Waals surface area (Å²) in [4.78, 5) is 0. The van der Waals surface area contributed by atoms with Crippen molar-refractivity contribution in [1.82, 2.24) is 0 Å². The van der Waals surface area contributed by atoms with Crippen molar-refractivity contribution < 1.29 is 0 Å². The molecule has 0 aromatic heterocycles. The average Bonchev–Trinajstić information content (AvgIpc) is 2.74. The highest BCUT2D eigenvalue weighted by Gasteiger charge is 2.34. The fourth-order valence-corrected chi connectivity index (χ4v) is 5.78. The minimum atomic E-state index is -0.475. The van der Waals surface area contributed by atoms with Crippen LogP contribution in [0.5, 0.6) is 0 Å². The summed E-state index contributed by atoms with van der Waals surface area (Å²) in [6.07, 6.45) is 6.88. The molecular formula is C30H60BIN4P. The summed E-state index contributed by atoms with van der Waals surface area (Å²) in [5.74, 6) is 0. The molecular weight excluding hydrogens is 585 g/mol. The number of hydrogen-bond acceptors (Lipinski definition) is 4. The Morgan fingerprint density at radius 2 is 0.973 bits per heavy atom. The van der Waals surface area contributed by atoms with Crippen molar-refractivity contribution in [3.63, 3.8) is 0 Å². The maximum atomic E-state index is 5.82. The van der Waals surface area contributed by atoms with Crippen LogP contribution in [0.1, 0.15) is 131 Å². The maximum absolute atomic E-state index is 5.82. The van der Waals surface area contributed by atoms with E-state index in [1.165, 1.54) is 36.7 Å². The number of halogens is 1. The molecule has 0 amide bonds. The summed E-state index contributed by atoms with van der Waals surface area (Å²) >= 11 is 2.07. The zero-order valence-corrected chi connectivity index (χ0v) is 29.2. The molecule has 215 valence electrons. The van der Waals surface area contributed by atoms with Crippen molar-refractivity contribution in [3.05, 3.63) is 34.9 Å². The Balaban J connectivity index is 0.00000235. The van der Waals surface area contributed by atoms with E-state index >= 15 is 0 Å². The van der Waals surface area contributed by atoms with Crippen LogP contribution in [0.4, 0.5) is 0 Å². The zero-order chi connectivity index (χ0) is 29.3. The molecule has 1 rings (SSSR count). The van der Waals surface area contributed by atoms with E-state index in [1.54, 1.807) is 0 Å². The maximum Gasteiger partial charge on any atom is 0.269 e. The normalized spacial score (nSPS) is 14.2. The van der Waals surface area contributed by atoms with Crippen LogP contribution >= 0.6 is 27.6 Å². The Labute approximate surface area is 246 Å². The lowest BCUT2D eigenvalue weighted by atomic mass is 9.65. The van der Waals surface area contributed by atoms with Crippen molar-refractivity contribution in [1.29, 1.82) is 0 Å². The van der Waals surface area contributed by atoms with Gasteiger partial charge in [0.05, 0.1) is 0 Å². The predicted octanol–water partition coefficient (Wildman–Crippen LogP) is 8.03. The van der Waals surface area contributed by atoms with Gasteiger partial charge in [-0.2, -0.15) is 0 Å². The van der Waals surface area contributed by atoms with Crippen LogP contribution in [-0.4, -0.2) is 20.2 Å². The van der Waals surface area contributed by atoms with Gasteiger partial charge in [-0.25, -0.2) is 0 Å². The molecule has 0 heterocycles. The van der Waals surface area contributed by atoms with E-state index in [0.717, 1.165) is 38.8 Å². The topological polar surface area (TPSA) is 104 Å². The van der Waals surface area contributed by atoms with E-state index in [2.05, 4.69) is 116 Å². The first kappa shape index (κ1) is 37.3. The zero-order valence-electron chi connectivity index (χ0n) is 26.1. The Morgan fingerprint density at radius 1 is 0.676 bits per heavy atom. The predicted molar refractivity (Wildman–Crippen MR) is 180 cm³/mol. The molecule has 0 spiro atoms. The molecule has 1 aromatic carbocycles. The average molecular weight is 646 g/mol. The molecule has 37 heavy (non-hydrogen) atoms. The van der Waals surface area contributed by atoms with Gasteiger partial charge in [-0.1, -0.05) is 94.4 Å². The quantitative estimate of drug-likeness (QED) is 0.0991. The van der Waals surface area contributed by atoms with Crippen LogP contribution in [0.25, 0.3) is 0 Å².